The first-order valence-electron chi connectivity index (χ1n) is 4.88. The standard InChI is InChI=1S/C9H14N6/c1-14(5-2-3-10)8-9-13-12-7-15(9)6-4-11-8/h4,6-7H,2-3,5,10H2,1H3. The minimum atomic E-state index is 0.681. The number of rotatable bonds is 4. The second-order valence-corrected chi connectivity index (χ2v) is 3.38. The molecule has 2 aromatic heterocycles. The van der Waals surface area contributed by atoms with E-state index in [1.807, 2.05) is 22.5 Å². The molecule has 0 unspecified atom stereocenters. The van der Waals surface area contributed by atoms with Crippen molar-refractivity contribution in [1.29, 1.82) is 0 Å². The number of hydrogen-bond acceptors (Lipinski definition) is 5. The maximum Gasteiger partial charge on any atom is 0.203 e. The molecule has 6 heteroatoms. The average molecular weight is 206 g/mol. The minimum absolute atomic E-state index is 0.681. The van der Waals surface area contributed by atoms with Crippen LogP contribution in [-0.4, -0.2) is 39.7 Å². The summed E-state index contributed by atoms with van der Waals surface area (Å²) in [5, 5.41) is 7.87. The van der Waals surface area contributed by atoms with Gasteiger partial charge in [0.05, 0.1) is 0 Å². The van der Waals surface area contributed by atoms with Crippen molar-refractivity contribution in [3.8, 4) is 0 Å². The third-order valence-electron chi connectivity index (χ3n) is 2.26. The molecule has 0 atom stereocenters. The molecule has 80 valence electrons. The van der Waals surface area contributed by atoms with E-state index in [1.54, 1.807) is 12.5 Å². The first-order chi connectivity index (χ1) is 7.33. The van der Waals surface area contributed by atoms with Gasteiger partial charge in [0, 0.05) is 26.0 Å². The molecule has 0 aliphatic rings. The summed E-state index contributed by atoms with van der Waals surface area (Å²) in [6.45, 7) is 1.55. The molecule has 2 heterocycles. The van der Waals surface area contributed by atoms with E-state index in [-0.39, 0.29) is 0 Å². The predicted molar refractivity (Wildman–Crippen MR) is 57.7 cm³/mol. The first-order valence-corrected chi connectivity index (χ1v) is 4.88. The van der Waals surface area contributed by atoms with Crippen molar-refractivity contribution in [3.05, 3.63) is 18.7 Å². The van der Waals surface area contributed by atoms with E-state index < -0.39 is 0 Å². The maximum absolute atomic E-state index is 5.47. The van der Waals surface area contributed by atoms with Gasteiger partial charge in [-0.2, -0.15) is 0 Å². The molecule has 2 aromatic rings. The Labute approximate surface area is 87.7 Å². The van der Waals surface area contributed by atoms with Crippen LogP contribution < -0.4 is 10.6 Å². The van der Waals surface area contributed by atoms with Crippen LogP contribution in [0.15, 0.2) is 18.7 Å². The van der Waals surface area contributed by atoms with Crippen molar-refractivity contribution < 1.29 is 0 Å². The Balaban J connectivity index is 2.29. The molecule has 0 aromatic carbocycles. The van der Waals surface area contributed by atoms with Crippen LogP contribution in [0.1, 0.15) is 6.42 Å². The van der Waals surface area contributed by atoms with Crippen LogP contribution in [0, 0.1) is 0 Å². The summed E-state index contributed by atoms with van der Waals surface area (Å²) in [7, 11) is 1.98. The molecule has 0 spiro atoms. The number of hydrogen-bond donors (Lipinski definition) is 1. The topological polar surface area (TPSA) is 72.3 Å². The molecule has 6 nitrogen and oxygen atoms in total. The van der Waals surface area contributed by atoms with Gasteiger partial charge in [-0.15, -0.1) is 10.2 Å². The van der Waals surface area contributed by atoms with Crippen molar-refractivity contribution >= 4 is 11.5 Å². The molecular formula is C9H14N6. The molecule has 0 bridgehead atoms. The Morgan fingerprint density at radius 3 is 3.20 bits per heavy atom. The molecule has 15 heavy (non-hydrogen) atoms. The van der Waals surface area contributed by atoms with E-state index in [0.717, 1.165) is 24.4 Å². The normalized spacial score (nSPS) is 10.8. The van der Waals surface area contributed by atoms with Crippen LogP contribution in [-0.2, 0) is 0 Å². The average Bonchev–Trinajstić information content (AvgIpc) is 2.73. The summed E-state index contributed by atoms with van der Waals surface area (Å²) in [4.78, 5) is 6.33. The molecule has 0 saturated heterocycles. The van der Waals surface area contributed by atoms with Gasteiger partial charge in [-0.05, 0) is 13.0 Å². The van der Waals surface area contributed by atoms with Gasteiger partial charge in [0.1, 0.15) is 6.33 Å². The highest BCUT2D eigenvalue weighted by Gasteiger charge is 2.08. The van der Waals surface area contributed by atoms with Crippen molar-refractivity contribution in [2.45, 2.75) is 6.42 Å². The molecule has 0 aliphatic carbocycles. The van der Waals surface area contributed by atoms with Gasteiger partial charge in [-0.25, -0.2) is 4.98 Å². The van der Waals surface area contributed by atoms with Gasteiger partial charge in [-0.1, -0.05) is 0 Å². The van der Waals surface area contributed by atoms with Crippen LogP contribution in [0.4, 0.5) is 5.82 Å². The van der Waals surface area contributed by atoms with Gasteiger partial charge in [0.2, 0.25) is 5.65 Å². The first kappa shape index (κ1) is 9.85. The lowest BCUT2D eigenvalue weighted by Gasteiger charge is -2.17. The van der Waals surface area contributed by atoms with E-state index in [0.29, 0.717) is 6.54 Å². The molecular weight excluding hydrogens is 192 g/mol. The number of aromatic nitrogens is 4. The van der Waals surface area contributed by atoms with E-state index in [1.165, 1.54) is 0 Å². The van der Waals surface area contributed by atoms with Crippen molar-refractivity contribution in [3.63, 3.8) is 0 Å². The van der Waals surface area contributed by atoms with Gasteiger partial charge >= 0.3 is 0 Å². The third-order valence-corrected chi connectivity index (χ3v) is 2.26. The predicted octanol–water partition coefficient (Wildman–Crippen LogP) is -0.0907. The fourth-order valence-electron chi connectivity index (χ4n) is 1.45. The highest BCUT2D eigenvalue weighted by Crippen LogP contribution is 2.13. The van der Waals surface area contributed by atoms with E-state index >= 15 is 0 Å². The summed E-state index contributed by atoms with van der Waals surface area (Å²) in [5.74, 6) is 0.837. The molecule has 0 aliphatic heterocycles. The quantitative estimate of drug-likeness (QED) is 0.756. The summed E-state index contributed by atoms with van der Waals surface area (Å²) in [6, 6.07) is 0. The molecule has 0 fully saturated rings. The van der Waals surface area contributed by atoms with Crippen LogP contribution in [0.3, 0.4) is 0 Å². The van der Waals surface area contributed by atoms with Crippen molar-refractivity contribution in [2.75, 3.05) is 25.0 Å². The Kier molecular flexibility index (Phi) is 2.77. The van der Waals surface area contributed by atoms with Gasteiger partial charge in [0.15, 0.2) is 5.82 Å². The van der Waals surface area contributed by atoms with Crippen LogP contribution in [0.2, 0.25) is 0 Å². The summed E-state index contributed by atoms with van der Waals surface area (Å²) >= 11 is 0. The molecule has 2 N–H and O–H groups in total. The fourth-order valence-corrected chi connectivity index (χ4v) is 1.45. The van der Waals surface area contributed by atoms with E-state index in [2.05, 4.69) is 15.2 Å². The summed E-state index contributed by atoms with van der Waals surface area (Å²) in [6.07, 6.45) is 6.17. The summed E-state index contributed by atoms with van der Waals surface area (Å²) < 4.78 is 1.85. The molecule has 0 amide bonds. The molecule has 0 radical (unpaired) electrons. The second kappa shape index (κ2) is 4.22. The van der Waals surface area contributed by atoms with Crippen molar-refractivity contribution in [1.82, 2.24) is 19.6 Å². The molecule has 0 saturated carbocycles. The molecule has 2 rings (SSSR count). The number of nitrogens with two attached hydrogens (primary N) is 1. The lowest BCUT2D eigenvalue weighted by molar-refractivity contribution is 0.786. The highest BCUT2D eigenvalue weighted by atomic mass is 15.3. The highest BCUT2D eigenvalue weighted by molar-refractivity contribution is 5.62. The Hall–Kier alpha value is -1.69. The number of fused-ring (bicyclic) bond motifs is 1. The zero-order valence-corrected chi connectivity index (χ0v) is 8.67. The Morgan fingerprint density at radius 2 is 2.40 bits per heavy atom. The van der Waals surface area contributed by atoms with Gasteiger partial charge < -0.3 is 10.6 Å². The smallest absolute Gasteiger partial charge is 0.203 e. The summed E-state index contributed by atoms with van der Waals surface area (Å²) in [5.41, 5.74) is 6.24. The van der Waals surface area contributed by atoms with Crippen LogP contribution in [0.25, 0.3) is 5.65 Å². The van der Waals surface area contributed by atoms with E-state index in [9.17, 15) is 0 Å². The van der Waals surface area contributed by atoms with E-state index in [4.69, 9.17) is 5.73 Å². The van der Waals surface area contributed by atoms with Gasteiger partial charge in [-0.3, -0.25) is 4.40 Å². The Morgan fingerprint density at radius 1 is 1.53 bits per heavy atom. The van der Waals surface area contributed by atoms with Crippen LogP contribution in [0.5, 0.6) is 0 Å². The number of anilines is 1. The monoisotopic (exact) mass is 206 g/mol. The van der Waals surface area contributed by atoms with Crippen LogP contribution >= 0.6 is 0 Å². The lowest BCUT2D eigenvalue weighted by Crippen LogP contribution is -2.22. The van der Waals surface area contributed by atoms with Gasteiger partial charge in [0.25, 0.3) is 0 Å². The second-order valence-electron chi connectivity index (χ2n) is 3.38. The fraction of sp³-hybridized carbons (Fsp3) is 0.444. The third kappa shape index (κ3) is 1.89. The maximum atomic E-state index is 5.47. The zero-order chi connectivity index (χ0) is 10.7. The van der Waals surface area contributed by atoms with Crippen molar-refractivity contribution in [2.24, 2.45) is 5.73 Å². The SMILES string of the molecule is CN(CCCN)c1nccn2cnnc12. The minimum Gasteiger partial charge on any atom is -0.356 e. The number of nitrogens with zero attached hydrogens (tertiary/aromatic N) is 5. The zero-order valence-electron chi connectivity index (χ0n) is 8.67. The Bertz CT molecular complexity index is 437. The lowest BCUT2D eigenvalue weighted by atomic mass is 10.4. The largest absolute Gasteiger partial charge is 0.356 e.